The molecule has 0 amide bonds. The lowest BCUT2D eigenvalue weighted by Gasteiger charge is -2.19. The Morgan fingerprint density at radius 3 is 2.82 bits per heavy atom. The number of benzene rings is 1. The molecular weight excluding hydrogens is 254 g/mol. The van der Waals surface area contributed by atoms with Crippen molar-refractivity contribution in [1.29, 1.82) is 0 Å². The molecule has 0 N–H and O–H groups in total. The van der Waals surface area contributed by atoms with Gasteiger partial charge in [0.2, 0.25) is 0 Å². The van der Waals surface area contributed by atoms with Crippen LogP contribution in [-0.2, 0) is 6.54 Å². The van der Waals surface area contributed by atoms with E-state index in [-0.39, 0.29) is 0 Å². The molecule has 0 aliphatic carbocycles. The van der Waals surface area contributed by atoms with Gasteiger partial charge in [-0.05, 0) is 29.6 Å². The number of carbonyl (C=O) groups excluding carboxylic acids is 1. The molecular formula is C13H12ClNOS. The molecule has 2 nitrogen and oxygen atoms in total. The third kappa shape index (κ3) is 2.87. The molecule has 2 rings (SSSR count). The highest BCUT2D eigenvalue weighted by Crippen LogP contribution is 2.27. The molecule has 0 unspecified atom stereocenters. The number of hydrogen-bond donors (Lipinski definition) is 0. The Balaban J connectivity index is 2.19. The molecule has 0 saturated heterocycles. The van der Waals surface area contributed by atoms with E-state index in [9.17, 15) is 4.79 Å². The fraction of sp³-hybridized carbons (Fsp3) is 0.154. The van der Waals surface area contributed by atoms with Crippen molar-refractivity contribution in [1.82, 2.24) is 0 Å². The molecule has 0 fully saturated rings. The summed E-state index contributed by atoms with van der Waals surface area (Å²) in [4.78, 5) is 14.0. The van der Waals surface area contributed by atoms with E-state index in [1.54, 1.807) is 23.5 Å². The van der Waals surface area contributed by atoms with Gasteiger partial charge >= 0.3 is 0 Å². The molecule has 0 atom stereocenters. The zero-order valence-corrected chi connectivity index (χ0v) is 11.0. The number of hydrogen-bond acceptors (Lipinski definition) is 3. The second kappa shape index (κ2) is 5.34. The molecule has 17 heavy (non-hydrogen) atoms. The molecule has 4 heteroatoms. The van der Waals surface area contributed by atoms with Crippen LogP contribution in [0.4, 0.5) is 5.69 Å². The molecule has 88 valence electrons. The second-order valence-corrected chi connectivity index (χ2v) is 5.20. The minimum Gasteiger partial charge on any atom is -0.368 e. The number of aldehydes is 1. The summed E-state index contributed by atoms with van der Waals surface area (Å²) in [6.07, 6.45) is 0.801. The van der Waals surface area contributed by atoms with E-state index < -0.39 is 0 Å². The molecule has 1 aromatic heterocycles. The van der Waals surface area contributed by atoms with Crippen molar-refractivity contribution >= 4 is 34.9 Å². The highest BCUT2D eigenvalue weighted by Gasteiger charge is 2.07. The quantitative estimate of drug-likeness (QED) is 0.783. The summed E-state index contributed by atoms with van der Waals surface area (Å²) in [5.74, 6) is 0. The lowest BCUT2D eigenvalue weighted by molar-refractivity contribution is 0.112. The maximum absolute atomic E-state index is 10.6. The Labute approximate surface area is 109 Å². The van der Waals surface area contributed by atoms with Crippen molar-refractivity contribution in [2.24, 2.45) is 0 Å². The highest BCUT2D eigenvalue weighted by molar-refractivity contribution is 7.09. The smallest absolute Gasteiger partial charge is 0.150 e. The predicted molar refractivity (Wildman–Crippen MR) is 73.3 cm³/mol. The topological polar surface area (TPSA) is 20.3 Å². The predicted octanol–water partition coefficient (Wildman–Crippen LogP) is 3.85. The average molecular weight is 266 g/mol. The van der Waals surface area contributed by atoms with Crippen LogP contribution in [0, 0.1) is 0 Å². The van der Waals surface area contributed by atoms with Crippen molar-refractivity contribution < 1.29 is 4.79 Å². The standard InChI is InChI=1S/C13H12ClNOS/c1-15(8-11-3-2-6-17-11)13-5-4-10(9-16)7-12(13)14/h2-7,9H,8H2,1H3. The number of thiophene rings is 1. The third-order valence-corrected chi connectivity index (χ3v) is 3.66. The van der Waals surface area contributed by atoms with E-state index in [1.165, 1.54) is 4.88 Å². The lowest BCUT2D eigenvalue weighted by Crippen LogP contribution is -2.15. The largest absolute Gasteiger partial charge is 0.368 e. The van der Waals surface area contributed by atoms with Gasteiger partial charge in [-0.15, -0.1) is 11.3 Å². The Morgan fingerprint density at radius 2 is 2.24 bits per heavy atom. The first-order chi connectivity index (χ1) is 8.20. The van der Waals surface area contributed by atoms with E-state index in [4.69, 9.17) is 11.6 Å². The van der Waals surface area contributed by atoms with Crippen molar-refractivity contribution in [3.63, 3.8) is 0 Å². The Kier molecular flexibility index (Phi) is 3.82. The first-order valence-corrected chi connectivity index (χ1v) is 6.44. The summed E-state index contributed by atoms with van der Waals surface area (Å²) in [5, 5.41) is 2.66. The molecule has 0 saturated carbocycles. The minimum absolute atomic E-state index is 0.600. The number of anilines is 1. The SMILES string of the molecule is CN(Cc1cccs1)c1ccc(C=O)cc1Cl. The fourth-order valence-electron chi connectivity index (χ4n) is 1.63. The molecule has 0 aliphatic rings. The van der Waals surface area contributed by atoms with Crippen LogP contribution >= 0.6 is 22.9 Å². The van der Waals surface area contributed by atoms with Crippen molar-refractivity contribution in [3.05, 3.63) is 51.2 Å². The fourth-order valence-corrected chi connectivity index (χ4v) is 2.72. The Hall–Kier alpha value is -1.32. The summed E-state index contributed by atoms with van der Waals surface area (Å²) in [5.41, 5.74) is 1.54. The van der Waals surface area contributed by atoms with Crippen molar-refractivity contribution in [3.8, 4) is 0 Å². The molecule has 0 bridgehead atoms. The van der Waals surface area contributed by atoms with Gasteiger partial charge in [0.25, 0.3) is 0 Å². The van der Waals surface area contributed by atoms with E-state index in [2.05, 4.69) is 16.3 Å². The van der Waals surface area contributed by atoms with Gasteiger partial charge in [-0.1, -0.05) is 17.7 Å². The van der Waals surface area contributed by atoms with Gasteiger partial charge in [0.05, 0.1) is 17.3 Å². The maximum atomic E-state index is 10.6. The van der Waals surface area contributed by atoms with Gasteiger partial charge in [0.1, 0.15) is 6.29 Å². The second-order valence-electron chi connectivity index (χ2n) is 3.76. The van der Waals surface area contributed by atoms with Crippen molar-refractivity contribution in [2.75, 3.05) is 11.9 Å². The third-order valence-electron chi connectivity index (χ3n) is 2.49. The summed E-state index contributed by atoms with van der Waals surface area (Å²) in [7, 11) is 1.99. The summed E-state index contributed by atoms with van der Waals surface area (Å²) < 4.78 is 0. The van der Waals surface area contributed by atoms with Crippen LogP contribution in [0.1, 0.15) is 15.2 Å². The van der Waals surface area contributed by atoms with Crippen molar-refractivity contribution in [2.45, 2.75) is 6.54 Å². The van der Waals surface area contributed by atoms with Crippen LogP contribution in [0.25, 0.3) is 0 Å². The van der Waals surface area contributed by atoms with Gasteiger partial charge < -0.3 is 4.90 Å². The van der Waals surface area contributed by atoms with E-state index in [0.717, 1.165) is 18.5 Å². The number of nitrogens with zero attached hydrogens (tertiary/aromatic N) is 1. The molecule has 1 heterocycles. The van der Waals surface area contributed by atoms with E-state index in [1.807, 2.05) is 19.2 Å². The van der Waals surface area contributed by atoms with Crippen LogP contribution in [0.15, 0.2) is 35.7 Å². The number of carbonyl (C=O) groups is 1. The Morgan fingerprint density at radius 1 is 1.41 bits per heavy atom. The molecule has 2 aromatic rings. The molecule has 0 spiro atoms. The van der Waals surface area contributed by atoms with Gasteiger partial charge in [-0.25, -0.2) is 0 Å². The first kappa shape index (κ1) is 12.1. The molecule has 0 aliphatic heterocycles. The Bertz CT molecular complexity index is 510. The minimum atomic E-state index is 0.600. The van der Waals surface area contributed by atoms with Gasteiger partial charge in [-0.3, -0.25) is 4.79 Å². The van der Waals surface area contributed by atoms with Gasteiger partial charge in [-0.2, -0.15) is 0 Å². The van der Waals surface area contributed by atoms with Crippen LogP contribution < -0.4 is 4.90 Å². The van der Waals surface area contributed by atoms with Crippen LogP contribution in [0.2, 0.25) is 5.02 Å². The van der Waals surface area contributed by atoms with Gasteiger partial charge in [0.15, 0.2) is 0 Å². The van der Waals surface area contributed by atoms with Crippen LogP contribution in [0.3, 0.4) is 0 Å². The average Bonchev–Trinajstić information content (AvgIpc) is 2.81. The summed E-state index contributed by atoms with van der Waals surface area (Å²) >= 11 is 7.86. The maximum Gasteiger partial charge on any atom is 0.150 e. The lowest BCUT2D eigenvalue weighted by atomic mass is 10.2. The zero-order valence-electron chi connectivity index (χ0n) is 9.39. The summed E-state index contributed by atoms with van der Waals surface area (Å²) in [6.45, 7) is 0.817. The number of rotatable bonds is 4. The van der Waals surface area contributed by atoms with Gasteiger partial charge in [0, 0.05) is 17.5 Å². The highest BCUT2D eigenvalue weighted by atomic mass is 35.5. The molecule has 0 radical (unpaired) electrons. The normalized spacial score (nSPS) is 10.2. The van der Waals surface area contributed by atoms with E-state index >= 15 is 0 Å². The molecule has 1 aromatic carbocycles. The van der Waals surface area contributed by atoms with Crippen LogP contribution in [0.5, 0.6) is 0 Å². The first-order valence-electron chi connectivity index (χ1n) is 5.19. The van der Waals surface area contributed by atoms with E-state index in [0.29, 0.717) is 10.6 Å². The van der Waals surface area contributed by atoms with Crippen LogP contribution in [-0.4, -0.2) is 13.3 Å². The summed E-state index contributed by atoms with van der Waals surface area (Å²) in [6, 6.07) is 9.47. The zero-order chi connectivity index (χ0) is 12.3. The number of halogens is 1. The monoisotopic (exact) mass is 265 g/mol.